The summed E-state index contributed by atoms with van der Waals surface area (Å²) >= 11 is 0. The van der Waals surface area contributed by atoms with Crippen LogP contribution in [0.25, 0.3) is 0 Å². The highest BCUT2D eigenvalue weighted by molar-refractivity contribution is 5.07. The van der Waals surface area contributed by atoms with E-state index in [1.807, 2.05) is 12.3 Å². The monoisotopic (exact) mass is 263 g/mol. The molecular formula is C15H25N3O. The van der Waals surface area contributed by atoms with E-state index in [2.05, 4.69) is 28.3 Å². The summed E-state index contributed by atoms with van der Waals surface area (Å²) in [5.41, 5.74) is 1.24. The fraction of sp³-hybridized carbons (Fsp3) is 0.667. The Labute approximate surface area is 116 Å². The molecule has 1 N–H and O–H groups in total. The zero-order valence-corrected chi connectivity index (χ0v) is 11.8. The molecule has 0 saturated carbocycles. The molecule has 1 aliphatic rings. The fourth-order valence-electron chi connectivity index (χ4n) is 2.40. The molecule has 106 valence electrons. The third kappa shape index (κ3) is 5.68. The number of hydrogen-bond acceptors (Lipinski definition) is 4. The van der Waals surface area contributed by atoms with Crippen LogP contribution in [0.3, 0.4) is 0 Å². The third-order valence-electron chi connectivity index (χ3n) is 3.51. The molecule has 4 heteroatoms. The van der Waals surface area contributed by atoms with Gasteiger partial charge < -0.3 is 15.0 Å². The predicted molar refractivity (Wildman–Crippen MR) is 77.0 cm³/mol. The highest BCUT2D eigenvalue weighted by Gasteiger charge is 2.15. The van der Waals surface area contributed by atoms with Crippen LogP contribution >= 0.6 is 0 Å². The number of ether oxygens (including phenoxy) is 1. The molecule has 2 heterocycles. The first-order valence-electron chi connectivity index (χ1n) is 7.24. The van der Waals surface area contributed by atoms with E-state index < -0.39 is 0 Å². The second-order valence-corrected chi connectivity index (χ2v) is 5.29. The van der Waals surface area contributed by atoms with Crippen LogP contribution in [0, 0.1) is 0 Å². The first-order valence-corrected chi connectivity index (χ1v) is 7.24. The molecule has 0 radical (unpaired) electrons. The van der Waals surface area contributed by atoms with Crippen LogP contribution in [0.5, 0.6) is 0 Å². The Bertz CT molecular complexity index is 339. The van der Waals surface area contributed by atoms with E-state index in [4.69, 9.17) is 4.74 Å². The van der Waals surface area contributed by atoms with E-state index >= 15 is 0 Å². The maximum absolute atomic E-state index is 5.75. The summed E-state index contributed by atoms with van der Waals surface area (Å²) in [7, 11) is 2.17. The fourth-order valence-corrected chi connectivity index (χ4v) is 2.40. The van der Waals surface area contributed by atoms with E-state index in [1.165, 1.54) is 24.8 Å². The van der Waals surface area contributed by atoms with Crippen molar-refractivity contribution in [2.75, 3.05) is 33.3 Å². The van der Waals surface area contributed by atoms with Crippen molar-refractivity contribution in [1.82, 2.24) is 15.2 Å². The molecule has 1 aromatic heterocycles. The quantitative estimate of drug-likeness (QED) is 0.759. The number of likely N-dealkylation sites (N-methyl/N-ethyl adjacent to an activating group) is 1. The van der Waals surface area contributed by atoms with Gasteiger partial charge in [-0.15, -0.1) is 0 Å². The van der Waals surface area contributed by atoms with E-state index in [9.17, 15) is 0 Å². The zero-order chi connectivity index (χ0) is 13.3. The molecule has 0 aliphatic carbocycles. The van der Waals surface area contributed by atoms with Gasteiger partial charge in [0, 0.05) is 45.2 Å². The number of aromatic nitrogens is 1. The maximum atomic E-state index is 5.75. The molecule has 0 aromatic carbocycles. The summed E-state index contributed by atoms with van der Waals surface area (Å²) < 4.78 is 5.75. The summed E-state index contributed by atoms with van der Waals surface area (Å²) in [4.78, 5) is 6.46. The molecule has 4 nitrogen and oxygen atoms in total. The lowest BCUT2D eigenvalue weighted by atomic mass is 10.1. The Hall–Kier alpha value is -0.970. The average Bonchev–Trinajstić information content (AvgIpc) is 2.46. The van der Waals surface area contributed by atoms with Crippen molar-refractivity contribution in [3.8, 4) is 0 Å². The van der Waals surface area contributed by atoms with Crippen molar-refractivity contribution >= 4 is 0 Å². The van der Waals surface area contributed by atoms with E-state index in [-0.39, 0.29) is 0 Å². The molecule has 1 atom stereocenters. The molecule has 1 fully saturated rings. The van der Waals surface area contributed by atoms with Crippen molar-refractivity contribution < 1.29 is 4.74 Å². The Balaban J connectivity index is 1.55. The van der Waals surface area contributed by atoms with Crippen LogP contribution in [-0.2, 0) is 11.3 Å². The van der Waals surface area contributed by atoms with Gasteiger partial charge in [-0.1, -0.05) is 6.07 Å². The predicted octanol–water partition coefficient (Wildman–Crippen LogP) is 1.67. The van der Waals surface area contributed by atoms with Crippen LogP contribution in [0.4, 0.5) is 0 Å². The second kappa shape index (κ2) is 8.25. The zero-order valence-electron chi connectivity index (χ0n) is 11.8. The first kappa shape index (κ1) is 14.4. The first-order chi connectivity index (χ1) is 9.34. The number of hydrogen-bond donors (Lipinski definition) is 1. The van der Waals surface area contributed by atoms with Crippen LogP contribution in [-0.4, -0.2) is 49.3 Å². The Kier molecular flexibility index (Phi) is 6.27. The summed E-state index contributed by atoms with van der Waals surface area (Å²) in [5, 5.41) is 3.45. The maximum Gasteiger partial charge on any atom is 0.0701 e. The highest BCUT2D eigenvalue weighted by Crippen LogP contribution is 2.13. The van der Waals surface area contributed by atoms with Crippen molar-refractivity contribution in [2.24, 2.45) is 0 Å². The topological polar surface area (TPSA) is 37.4 Å². The Morgan fingerprint density at radius 2 is 2.42 bits per heavy atom. The van der Waals surface area contributed by atoms with Gasteiger partial charge in [-0.05, 0) is 37.9 Å². The third-order valence-corrected chi connectivity index (χ3v) is 3.51. The summed E-state index contributed by atoms with van der Waals surface area (Å²) in [6.07, 6.45) is 7.92. The number of nitrogens with one attached hydrogen (secondary N) is 1. The lowest BCUT2D eigenvalue weighted by molar-refractivity contribution is -0.00123. The Morgan fingerprint density at radius 3 is 3.16 bits per heavy atom. The average molecular weight is 263 g/mol. The summed E-state index contributed by atoms with van der Waals surface area (Å²) in [6.45, 7) is 4.94. The normalized spacial score (nSPS) is 19.8. The second-order valence-electron chi connectivity index (χ2n) is 5.29. The smallest absolute Gasteiger partial charge is 0.0701 e. The molecule has 1 aliphatic heterocycles. The van der Waals surface area contributed by atoms with E-state index in [0.29, 0.717) is 6.10 Å². The van der Waals surface area contributed by atoms with Gasteiger partial charge in [-0.2, -0.15) is 0 Å². The van der Waals surface area contributed by atoms with E-state index in [0.717, 1.165) is 32.8 Å². The van der Waals surface area contributed by atoms with Crippen molar-refractivity contribution in [3.05, 3.63) is 30.1 Å². The molecular weight excluding hydrogens is 238 g/mol. The Morgan fingerprint density at radius 1 is 1.47 bits per heavy atom. The van der Waals surface area contributed by atoms with Crippen LogP contribution in [0.15, 0.2) is 24.5 Å². The number of nitrogens with zero attached hydrogens (tertiary/aromatic N) is 2. The van der Waals surface area contributed by atoms with Gasteiger partial charge in [-0.3, -0.25) is 4.98 Å². The van der Waals surface area contributed by atoms with Crippen LogP contribution in [0.2, 0.25) is 0 Å². The summed E-state index contributed by atoms with van der Waals surface area (Å²) in [5.74, 6) is 0. The molecule has 1 aromatic rings. The number of pyridine rings is 1. The largest absolute Gasteiger partial charge is 0.377 e. The van der Waals surface area contributed by atoms with Crippen molar-refractivity contribution in [2.45, 2.75) is 31.9 Å². The van der Waals surface area contributed by atoms with Gasteiger partial charge in [0.15, 0.2) is 0 Å². The minimum Gasteiger partial charge on any atom is -0.377 e. The van der Waals surface area contributed by atoms with Gasteiger partial charge in [0.05, 0.1) is 6.10 Å². The molecule has 0 bridgehead atoms. The minimum atomic E-state index is 0.442. The molecule has 0 spiro atoms. The van der Waals surface area contributed by atoms with Gasteiger partial charge in [-0.25, -0.2) is 0 Å². The van der Waals surface area contributed by atoms with Gasteiger partial charge in [0.1, 0.15) is 0 Å². The molecule has 1 saturated heterocycles. The highest BCUT2D eigenvalue weighted by atomic mass is 16.5. The van der Waals surface area contributed by atoms with Gasteiger partial charge >= 0.3 is 0 Å². The van der Waals surface area contributed by atoms with E-state index in [1.54, 1.807) is 6.20 Å². The summed E-state index contributed by atoms with van der Waals surface area (Å²) in [6, 6.07) is 4.07. The molecule has 2 rings (SSSR count). The van der Waals surface area contributed by atoms with Gasteiger partial charge in [0.25, 0.3) is 0 Å². The lowest BCUT2D eigenvalue weighted by Gasteiger charge is -2.27. The van der Waals surface area contributed by atoms with Crippen LogP contribution < -0.4 is 5.32 Å². The molecule has 0 amide bonds. The number of rotatable bonds is 7. The minimum absolute atomic E-state index is 0.442. The van der Waals surface area contributed by atoms with Crippen molar-refractivity contribution in [1.29, 1.82) is 0 Å². The molecule has 19 heavy (non-hydrogen) atoms. The molecule has 1 unspecified atom stereocenters. The van der Waals surface area contributed by atoms with Gasteiger partial charge in [0.2, 0.25) is 0 Å². The lowest BCUT2D eigenvalue weighted by Crippen LogP contribution is -2.37. The van der Waals surface area contributed by atoms with Crippen molar-refractivity contribution in [3.63, 3.8) is 0 Å². The standard InChI is InChI=1S/C15H25N3O/c1-18(13-15-6-2-3-10-19-15)9-8-17-12-14-5-4-7-16-11-14/h4-5,7,11,15,17H,2-3,6,8-10,12-13H2,1H3. The van der Waals surface area contributed by atoms with Crippen LogP contribution in [0.1, 0.15) is 24.8 Å². The SMILES string of the molecule is CN(CCNCc1cccnc1)CC1CCCCO1.